The number of halogens is 2. The van der Waals surface area contributed by atoms with Gasteiger partial charge in [0.05, 0.1) is 5.02 Å². The SMILES string of the molecule is CC(Nc1ccc2c(c1)CCC2)c1ccc(F)c(Cl)c1. The molecule has 0 aliphatic heterocycles. The lowest BCUT2D eigenvalue weighted by atomic mass is 10.1. The van der Waals surface area contributed by atoms with E-state index in [1.807, 2.05) is 0 Å². The van der Waals surface area contributed by atoms with E-state index < -0.39 is 0 Å². The molecular formula is C17H17ClFN. The number of hydrogen-bond donors (Lipinski definition) is 1. The Hall–Kier alpha value is -1.54. The Bertz CT molecular complexity index is 639. The van der Waals surface area contributed by atoms with Gasteiger partial charge in [-0.25, -0.2) is 4.39 Å². The summed E-state index contributed by atoms with van der Waals surface area (Å²) in [6.07, 6.45) is 3.61. The van der Waals surface area contributed by atoms with E-state index in [0.29, 0.717) is 0 Å². The van der Waals surface area contributed by atoms with Crippen LogP contribution in [-0.4, -0.2) is 0 Å². The van der Waals surface area contributed by atoms with Crippen molar-refractivity contribution in [2.24, 2.45) is 0 Å². The number of aryl methyl sites for hydroxylation is 2. The van der Waals surface area contributed by atoms with Crippen molar-refractivity contribution in [3.63, 3.8) is 0 Å². The van der Waals surface area contributed by atoms with E-state index in [0.717, 1.165) is 11.3 Å². The quantitative estimate of drug-likeness (QED) is 0.825. The molecule has 1 unspecified atom stereocenters. The highest BCUT2D eigenvalue weighted by Gasteiger charge is 2.12. The van der Waals surface area contributed by atoms with Gasteiger partial charge in [0.15, 0.2) is 0 Å². The van der Waals surface area contributed by atoms with Gasteiger partial charge in [-0.15, -0.1) is 0 Å². The third-order valence-electron chi connectivity index (χ3n) is 3.93. The van der Waals surface area contributed by atoms with Crippen LogP contribution in [0.4, 0.5) is 10.1 Å². The lowest BCUT2D eigenvalue weighted by Crippen LogP contribution is -2.07. The molecule has 20 heavy (non-hydrogen) atoms. The van der Waals surface area contributed by atoms with E-state index >= 15 is 0 Å². The average Bonchev–Trinajstić information content (AvgIpc) is 2.89. The number of nitrogens with one attached hydrogen (secondary N) is 1. The van der Waals surface area contributed by atoms with Crippen LogP contribution in [0.5, 0.6) is 0 Å². The molecule has 3 heteroatoms. The topological polar surface area (TPSA) is 12.0 Å². The summed E-state index contributed by atoms with van der Waals surface area (Å²) in [6, 6.07) is 11.5. The molecule has 0 fully saturated rings. The number of anilines is 1. The molecule has 0 aromatic heterocycles. The number of fused-ring (bicyclic) bond motifs is 1. The Labute approximate surface area is 123 Å². The Morgan fingerprint density at radius 3 is 2.70 bits per heavy atom. The van der Waals surface area contributed by atoms with Crippen LogP contribution in [0.2, 0.25) is 5.02 Å². The third kappa shape index (κ3) is 2.66. The minimum absolute atomic E-state index is 0.0903. The zero-order chi connectivity index (χ0) is 14.1. The van der Waals surface area contributed by atoms with E-state index in [1.165, 1.54) is 36.5 Å². The second-order valence-electron chi connectivity index (χ2n) is 5.38. The summed E-state index contributed by atoms with van der Waals surface area (Å²) in [5.74, 6) is -0.375. The van der Waals surface area contributed by atoms with Crippen molar-refractivity contribution in [1.82, 2.24) is 0 Å². The summed E-state index contributed by atoms with van der Waals surface area (Å²) in [4.78, 5) is 0. The number of hydrogen-bond acceptors (Lipinski definition) is 1. The molecule has 0 radical (unpaired) electrons. The van der Waals surface area contributed by atoms with Crippen LogP contribution in [0.1, 0.15) is 36.1 Å². The van der Waals surface area contributed by atoms with Gasteiger partial charge in [-0.1, -0.05) is 23.7 Å². The minimum Gasteiger partial charge on any atom is -0.379 e. The minimum atomic E-state index is -0.375. The van der Waals surface area contributed by atoms with Gasteiger partial charge in [0.25, 0.3) is 0 Å². The molecule has 1 aliphatic carbocycles. The molecule has 0 spiro atoms. The maximum absolute atomic E-state index is 13.2. The van der Waals surface area contributed by atoms with E-state index in [1.54, 1.807) is 12.1 Å². The predicted molar refractivity (Wildman–Crippen MR) is 81.9 cm³/mol. The first kappa shape index (κ1) is 13.4. The van der Waals surface area contributed by atoms with E-state index in [9.17, 15) is 4.39 Å². The second-order valence-corrected chi connectivity index (χ2v) is 5.78. The van der Waals surface area contributed by atoms with Gasteiger partial charge in [-0.2, -0.15) is 0 Å². The summed E-state index contributed by atoms with van der Waals surface area (Å²) < 4.78 is 13.2. The zero-order valence-electron chi connectivity index (χ0n) is 11.4. The molecule has 1 nitrogen and oxygen atoms in total. The Kier molecular flexibility index (Phi) is 3.66. The molecule has 2 aromatic carbocycles. The van der Waals surface area contributed by atoms with Crippen molar-refractivity contribution in [3.05, 3.63) is 63.9 Å². The van der Waals surface area contributed by atoms with Crippen molar-refractivity contribution in [2.75, 3.05) is 5.32 Å². The van der Waals surface area contributed by atoms with E-state index in [-0.39, 0.29) is 16.9 Å². The average molecular weight is 290 g/mol. The molecule has 0 amide bonds. The number of rotatable bonds is 3. The van der Waals surface area contributed by atoms with Crippen LogP contribution in [0, 0.1) is 5.82 Å². The summed E-state index contributed by atoms with van der Waals surface area (Å²) in [6.45, 7) is 2.05. The van der Waals surface area contributed by atoms with Crippen LogP contribution in [0.3, 0.4) is 0 Å². The monoisotopic (exact) mass is 289 g/mol. The lowest BCUT2D eigenvalue weighted by Gasteiger charge is -2.17. The van der Waals surface area contributed by atoms with Crippen molar-refractivity contribution in [1.29, 1.82) is 0 Å². The van der Waals surface area contributed by atoms with Gasteiger partial charge in [-0.05, 0) is 67.1 Å². The van der Waals surface area contributed by atoms with Crippen molar-refractivity contribution in [3.8, 4) is 0 Å². The standard InChI is InChI=1S/C17H17ClFN/c1-11(13-6-8-17(19)16(18)10-13)20-15-7-5-12-3-2-4-14(12)9-15/h5-11,20H,2-4H2,1H3. The van der Waals surface area contributed by atoms with Gasteiger partial charge in [-0.3, -0.25) is 0 Å². The van der Waals surface area contributed by atoms with Crippen LogP contribution < -0.4 is 5.32 Å². The molecule has 1 N–H and O–H groups in total. The summed E-state index contributed by atoms with van der Waals surface area (Å²) in [5, 5.41) is 3.62. The molecule has 104 valence electrons. The molecule has 0 bridgehead atoms. The fraction of sp³-hybridized carbons (Fsp3) is 0.294. The van der Waals surface area contributed by atoms with Crippen LogP contribution in [0.15, 0.2) is 36.4 Å². The van der Waals surface area contributed by atoms with E-state index in [2.05, 4.69) is 30.4 Å². The van der Waals surface area contributed by atoms with Crippen molar-refractivity contribution in [2.45, 2.75) is 32.2 Å². The van der Waals surface area contributed by atoms with Crippen LogP contribution >= 0.6 is 11.6 Å². The Morgan fingerprint density at radius 1 is 1.10 bits per heavy atom. The first-order chi connectivity index (χ1) is 9.63. The molecule has 0 saturated heterocycles. The van der Waals surface area contributed by atoms with Gasteiger partial charge in [0.2, 0.25) is 0 Å². The Balaban J connectivity index is 1.78. The Morgan fingerprint density at radius 2 is 1.90 bits per heavy atom. The fourth-order valence-electron chi connectivity index (χ4n) is 2.78. The summed E-state index contributed by atoms with van der Waals surface area (Å²) in [7, 11) is 0. The fourth-order valence-corrected chi connectivity index (χ4v) is 2.97. The predicted octanol–water partition coefficient (Wildman–Crippen LogP) is 5.14. The van der Waals surface area contributed by atoms with Crippen LogP contribution in [0.25, 0.3) is 0 Å². The highest BCUT2D eigenvalue weighted by Crippen LogP contribution is 2.28. The highest BCUT2D eigenvalue weighted by atomic mass is 35.5. The highest BCUT2D eigenvalue weighted by molar-refractivity contribution is 6.30. The molecule has 0 heterocycles. The normalized spacial score (nSPS) is 14.9. The summed E-state index contributed by atoms with van der Waals surface area (Å²) in [5.41, 5.74) is 5.00. The molecule has 1 aliphatic rings. The molecule has 3 rings (SSSR count). The number of benzene rings is 2. The van der Waals surface area contributed by atoms with Crippen molar-refractivity contribution < 1.29 is 4.39 Å². The van der Waals surface area contributed by atoms with Crippen LogP contribution in [-0.2, 0) is 12.8 Å². The maximum atomic E-state index is 13.2. The maximum Gasteiger partial charge on any atom is 0.141 e. The van der Waals surface area contributed by atoms with Crippen molar-refractivity contribution >= 4 is 17.3 Å². The lowest BCUT2D eigenvalue weighted by molar-refractivity contribution is 0.627. The van der Waals surface area contributed by atoms with Gasteiger partial charge in [0, 0.05) is 11.7 Å². The third-order valence-corrected chi connectivity index (χ3v) is 4.21. The largest absolute Gasteiger partial charge is 0.379 e. The first-order valence-corrected chi connectivity index (χ1v) is 7.34. The first-order valence-electron chi connectivity index (χ1n) is 6.97. The van der Waals surface area contributed by atoms with Gasteiger partial charge in [0.1, 0.15) is 5.82 Å². The molecule has 2 aromatic rings. The van der Waals surface area contributed by atoms with Gasteiger partial charge >= 0.3 is 0 Å². The molecule has 1 atom stereocenters. The smallest absolute Gasteiger partial charge is 0.141 e. The van der Waals surface area contributed by atoms with Gasteiger partial charge < -0.3 is 5.32 Å². The molecular weight excluding hydrogens is 273 g/mol. The summed E-state index contributed by atoms with van der Waals surface area (Å²) >= 11 is 5.83. The molecule has 0 saturated carbocycles. The van der Waals surface area contributed by atoms with E-state index in [4.69, 9.17) is 11.6 Å². The zero-order valence-corrected chi connectivity index (χ0v) is 12.2. The second kappa shape index (κ2) is 5.45.